The summed E-state index contributed by atoms with van der Waals surface area (Å²) in [5.41, 5.74) is 2.84. The fraction of sp³-hybridized carbons (Fsp3) is 0.294. The van der Waals surface area contributed by atoms with Gasteiger partial charge in [-0.15, -0.1) is 0 Å². The molecule has 0 heterocycles. The number of hydrogen-bond donors (Lipinski definition) is 1. The summed E-state index contributed by atoms with van der Waals surface area (Å²) in [5.74, 6) is 0.691. The van der Waals surface area contributed by atoms with Crippen LogP contribution in [0.3, 0.4) is 0 Å². The molecule has 0 saturated carbocycles. The summed E-state index contributed by atoms with van der Waals surface area (Å²) in [4.78, 5) is 0. The Morgan fingerprint density at radius 1 is 1.10 bits per heavy atom. The zero-order valence-electron chi connectivity index (χ0n) is 12.1. The molecule has 0 aromatic heterocycles. The van der Waals surface area contributed by atoms with Crippen molar-refractivity contribution in [2.75, 3.05) is 13.7 Å². The molecule has 3 heteroatoms. The van der Waals surface area contributed by atoms with E-state index in [4.69, 9.17) is 4.74 Å². The average molecular weight is 273 g/mol. The fourth-order valence-electron chi connectivity index (χ4n) is 2.30. The van der Waals surface area contributed by atoms with Crippen LogP contribution in [0.15, 0.2) is 42.5 Å². The number of ether oxygens (including phenoxy) is 1. The molecular formula is C17H20FNO. The highest BCUT2D eigenvalue weighted by atomic mass is 19.1. The van der Waals surface area contributed by atoms with Gasteiger partial charge in [0.15, 0.2) is 0 Å². The molecule has 2 aromatic rings. The average Bonchev–Trinajstić information content (AvgIpc) is 2.46. The second-order valence-corrected chi connectivity index (χ2v) is 4.73. The number of nitrogens with one attached hydrogen (secondary N) is 1. The van der Waals surface area contributed by atoms with Crippen LogP contribution < -0.4 is 10.1 Å². The van der Waals surface area contributed by atoms with Crippen molar-refractivity contribution < 1.29 is 9.13 Å². The van der Waals surface area contributed by atoms with E-state index < -0.39 is 0 Å². The van der Waals surface area contributed by atoms with Gasteiger partial charge in [0.1, 0.15) is 11.6 Å². The molecule has 0 amide bonds. The number of rotatable bonds is 5. The molecule has 0 bridgehead atoms. The van der Waals surface area contributed by atoms with E-state index in [2.05, 4.69) is 5.32 Å². The lowest BCUT2D eigenvalue weighted by Crippen LogP contribution is -2.17. The molecule has 2 aromatic carbocycles. The van der Waals surface area contributed by atoms with E-state index in [-0.39, 0.29) is 11.9 Å². The molecule has 0 aliphatic carbocycles. The molecule has 0 aliphatic rings. The first-order valence-electron chi connectivity index (χ1n) is 6.81. The van der Waals surface area contributed by atoms with Crippen LogP contribution >= 0.6 is 0 Å². The fourth-order valence-corrected chi connectivity index (χ4v) is 2.30. The second kappa shape index (κ2) is 6.53. The molecule has 0 aliphatic heterocycles. The molecule has 106 valence electrons. The Labute approximate surface area is 119 Å². The van der Waals surface area contributed by atoms with Gasteiger partial charge in [-0.3, -0.25) is 0 Å². The third-order valence-electron chi connectivity index (χ3n) is 3.33. The van der Waals surface area contributed by atoms with Crippen molar-refractivity contribution in [2.24, 2.45) is 0 Å². The van der Waals surface area contributed by atoms with Gasteiger partial charge < -0.3 is 10.1 Å². The Morgan fingerprint density at radius 2 is 1.75 bits per heavy atom. The largest absolute Gasteiger partial charge is 0.494 e. The molecule has 1 unspecified atom stereocenters. The highest BCUT2D eigenvalue weighted by molar-refractivity contribution is 5.37. The quantitative estimate of drug-likeness (QED) is 0.893. The van der Waals surface area contributed by atoms with Gasteiger partial charge in [0, 0.05) is 0 Å². The van der Waals surface area contributed by atoms with Gasteiger partial charge in [-0.25, -0.2) is 4.39 Å². The molecule has 20 heavy (non-hydrogen) atoms. The minimum absolute atomic E-state index is 0.0463. The third-order valence-corrected chi connectivity index (χ3v) is 3.33. The Bertz CT molecular complexity index is 566. The van der Waals surface area contributed by atoms with Gasteiger partial charge in [-0.05, 0) is 55.8 Å². The van der Waals surface area contributed by atoms with Gasteiger partial charge in [-0.2, -0.15) is 0 Å². The molecule has 0 spiro atoms. The molecule has 0 saturated heterocycles. The Morgan fingerprint density at radius 3 is 2.30 bits per heavy atom. The zero-order valence-corrected chi connectivity index (χ0v) is 12.1. The van der Waals surface area contributed by atoms with E-state index in [0.717, 1.165) is 16.9 Å². The maximum Gasteiger partial charge on any atom is 0.126 e. The normalized spacial score (nSPS) is 12.2. The highest BCUT2D eigenvalue weighted by Crippen LogP contribution is 2.25. The van der Waals surface area contributed by atoms with Gasteiger partial charge in [0.05, 0.1) is 12.6 Å². The molecular weight excluding hydrogens is 253 g/mol. The van der Waals surface area contributed by atoms with Crippen molar-refractivity contribution in [2.45, 2.75) is 19.9 Å². The Kier molecular flexibility index (Phi) is 4.74. The Hall–Kier alpha value is -1.87. The van der Waals surface area contributed by atoms with E-state index in [1.165, 1.54) is 6.07 Å². The van der Waals surface area contributed by atoms with Crippen LogP contribution in [-0.4, -0.2) is 13.7 Å². The van der Waals surface area contributed by atoms with E-state index in [1.54, 1.807) is 6.92 Å². The van der Waals surface area contributed by atoms with E-state index in [0.29, 0.717) is 12.2 Å². The first-order valence-corrected chi connectivity index (χ1v) is 6.81. The summed E-state index contributed by atoms with van der Waals surface area (Å²) in [5, 5.41) is 3.27. The standard InChI is InChI=1S/C17H20FNO/c1-4-20-15-8-5-13(6-9-15)17(19-3)14-7-10-16(18)12(2)11-14/h5-11,17,19H,4H2,1-3H3. The first kappa shape index (κ1) is 14.5. The number of hydrogen-bond acceptors (Lipinski definition) is 2. The van der Waals surface area contributed by atoms with Crippen LogP contribution in [0.25, 0.3) is 0 Å². The second-order valence-electron chi connectivity index (χ2n) is 4.73. The summed E-state index contributed by atoms with van der Waals surface area (Å²) in [6, 6.07) is 13.2. The van der Waals surface area contributed by atoms with Crippen LogP contribution in [-0.2, 0) is 0 Å². The molecule has 1 N–H and O–H groups in total. The maximum absolute atomic E-state index is 13.4. The number of halogens is 1. The SMILES string of the molecule is CCOc1ccc(C(NC)c2ccc(F)c(C)c2)cc1. The monoisotopic (exact) mass is 273 g/mol. The summed E-state index contributed by atoms with van der Waals surface area (Å²) in [7, 11) is 1.90. The van der Waals surface area contributed by atoms with Gasteiger partial charge in [0.25, 0.3) is 0 Å². The van der Waals surface area contributed by atoms with Crippen LogP contribution in [0, 0.1) is 12.7 Å². The smallest absolute Gasteiger partial charge is 0.126 e. The van der Waals surface area contributed by atoms with Crippen molar-refractivity contribution in [3.8, 4) is 5.75 Å². The van der Waals surface area contributed by atoms with Crippen LogP contribution in [0.4, 0.5) is 4.39 Å². The van der Waals surface area contributed by atoms with E-state index in [1.807, 2.05) is 50.4 Å². The third kappa shape index (κ3) is 3.17. The van der Waals surface area contributed by atoms with Crippen molar-refractivity contribution in [3.63, 3.8) is 0 Å². The van der Waals surface area contributed by atoms with E-state index >= 15 is 0 Å². The van der Waals surface area contributed by atoms with Gasteiger partial charge in [-0.1, -0.05) is 24.3 Å². The lowest BCUT2D eigenvalue weighted by atomic mass is 9.97. The lowest BCUT2D eigenvalue weighted by Gasteiger charge is -2.18. The minimum Gasteiger partial charge on any atom is -0.494 e. The summed E-state index contributed by atoms with van der Waals surface area (Å²) < 4.78 is 18.8. The number of benzene rings is 2. The molecule has 0 fully saturated rings. The van der Waals surface area contributed by atoms with E-state index in [9.17, 15) is 4.39 Å². The Balaban J connectivity index is 2.29. The van der Waals surface area contributed by atoms with Crippen molar-refractivity contribution >= 4 is 0 Å². The van der Waals surface area contributed by atoms with Crippen molar-refractivity contribution in [1.82, 2.24) is 5.32 Å². The predicted molar refractivity (Wildman–Crippen MR) is 79.7 cm³/mol. The van der Waals surface area contributed by atoms with Gasteiger partial charge in [0.2, 0.25) is 0 Å². The minimum atomic E-state index is -0.171. The van der Waals surface area contributed by atoms with Crippen LogP contribution in [0.1, 0.15) is 29.7 Å². The summed E-state index contributed by atoms with van der Waals surface area (Å²) >= 11 is 0. The topological polar surface area (TPSA) is 21.3 Å². The zero-order chi connectivity index (χ0) is 14.5. The lowest BCUT2D eigenvalue weighted by molar-refractivity contribution is 0.340. The summed E-state index contributed by atoms with van der Waals surface area (Å²) in [6.07, 6.45) is 0. The van der Waals surface area contributed by atoms with Gasteiger partial charge >= 0.3 is 0 Å². The predicted octanol–water partition coefficient (Wildman–Crippen LogP) is 3.84. The first-order chi connectivity index (χ1) is 9.65. The molecule has 2 rings (SSSR count). The van der Waals surface area contributed by atoms with Crippen molar-refractivity contribution in [3.05, 3.63) is 65.0 Å². The van der Waals surface area contributed by atoms with Crippen LogP contribution in [0.2, 0.25) is 0 Å². The van der Waals surface area contributed by atoms with Crippen LogP contribution in [0.5, 0.6) is 5.75 Å². The molecule has 1 atom stereocenters. The maximum atomic E-state index is 13.4. The summed E-state index contributed by atoms with van der Waals surface area (Å²) in [6.45, 7) is 4.40. The van der Waals surface area contributed by atoms with Crippen molar-refractivity contribution in [1.29, 1.82) is 0 Å². The number of aryl methyl sites for hydroxylation is 1. The molecule has 0 radical (unpaired) electrons. The highest BCUT2D eigenvalue weighted by Gasteiger charge is 2.13. The molecule has 2 nitrogen and oxygen atoms in total.